The van der Waals surface area contributed by atoms with E-state index in [9.17, 15) is 9.59 Å². The van der Waals surface area contributed by atoms with Crippen LogP contribution in [0.2, 0.25) is 0 Å². The van der Waals surface area contributed by atoms with Crippen LogP contribution in [-0.4, -0.2) is 36.3 Å². The van der Waals surface area contributed by atoms with Crippen molar-refractivity contribution in [1.29, 1.82) is 0 Å². The highest BCUT2D eigenvalue weighted by molar-refractivity contribution is 5.93. The fourth-order valence-electron chi connectivity index (χ4n) is 2.17. The van der Waals surface area contributed by atoms with Crippen molar-refractivity contribution in [3.8, 4) is 0 Å². The first-order chi connectivity index (χ1) is 9.60. The second-order valence-corrected chi connectivity index (χ2v) is 4.73. The smallest absolute Gasteiger partial charge is 0.228 e. The minimum Gasteiger partial charge on any atom is -0.342 e. The zero-order valence-corrected chi connectivity index (χ0v) is 12.6. The summed E-state index contributed by atoms with van der Waals surface area (Å²) in [4.78, 5) is 27.2. The maximum atomic E-state index is 12.3. The number of carbonyl (C=O) groups excluding carboxylic acids is 2. The number of hydrogen-bond donors (Lipinski definition) is 0. The van der Waals surface area contributed by atoms with Gasteiger partial charge >= 0.3 is 0 Å². The van der Waals surface area contributed by atoms with Crippen molar-refractivity contribution in [3.63, 3.8) is 0 Å². The fourth-order valence-corrected chi connectivity index (χ4v) is 2.17. The number of anilines is 1. The van der Waals surface area contributed by atoms with Gasteiger partial charge in [-0.3, -0.25) is 9.59 Å². The number of para-hydroxylation sites is 1. The van der Waals surface area contributed by atoms with Crippen molar-refractivity contribution in [3.05, 3.63) is 30.3 Å². The van der Waals surface area contributed by atoms with E-state index in [1.54, 1.807) is 16.7 Å². The van der Waals surface area contributed by atoms with E-state index in [4.69, 9.17) is 0 Å². The topological polar surface area (TPSA) is 40.6 Å². The lowest BCUT2D eigenvalue weighted by Crippen LogP contribution is -2.36. The van der Waals surface area contributed by atoms with Gasteiger partial charge in [-0.1, -0.05) is 25.1 Å². The Hall–Kier alpha value is -1.84. The number of carbonyl (C=O) groups is 2. The lowest BCUT2D eigenvalue weighted by atomic mass is 10.2. The van der Waals surface area contributed by atoms with E-state index in [-0.39, 0.29) is 11.8 Å². The van der Waals surface area contributed by atoms with Gasteiger partial charge in [0.2, 0.25) is 11.8 Å². The molecule has 0 saturated heterocycles. The lowest BCUT2D eigenvalue weighted by Gasteiger charge is -2.24. The van der Waals surface area contributed by atoms with Crippen molar-refractivity contribution < 1.29 is 9.59 Å². The summed E-state index contributed by atoms with van der Waals surface area (Å²) >= 11 is 0. The summed E-state index contributed by atoms with van der Waals surface area (Å²) < 4.78 is 0. The monoisotopic (exact) mass is 276 g/mol. The number of nitrogens with zero attached hydrogens (tertiary/aromatic N) is 2. The molecule has 0 aromatic heterocycles. The Bertz CT molecular complexity index is 431. The van der Waals surface area contributed by atoms with Gasteiger partial charge in [-0.15, -0.1) is 0 Å². The molecule has 0 atom stereocenters. The van der Waals surface area contributed by atoms with E-state index in [1.165, 1.54) is 0 Å². The van der Waals surface area contributed by atoms with E-state index in [1.807, 2.05) is 44.2 Å². The molecule has 4 heteroatoms. The molecule has 0 fully saturated rings. The molecule has 0 aliphatic rings. The Morgan fingerprint density at radius 3 is 2.20 bits per heavy atom. The molecule has 110 valence electrons. The van der Waals surface area contributed by atoms with E-state index >= 15 is 0 Å². The standard InChI is InChI=1S/C16H24N2O2/c1-4-12-17(14(3)19)13-11-16(20)18(5-2)15-9-7-6-8-10-15/h6-10H,4-5,11-13H2,1-3H3. The summed E-state index contributed by atoms with van der Waals surface area (Å²) in [6.45, 7) is 7.37. The predicted octanol–water partition coefficient (Wildman–Crippen LogP) is 2.69. The summed E-state index contributed by atoms with van der Waals surface area (Å²) in [6.07, 6.45) is 1.27. The molecule has 0 bridgehead atoms. The van der Waals surface area contributed by atoms with Gasteiger partial charge in [-0.25, -0.2) is 0 Å². The third-order valence-corrected chi connectivity index (χ3v) is 3.22. The van der Waals surface area contributed by atoms with E-state index < -0.39 is 0 Å². The molecule has 0 N–H and O–H groups in total. The summed E-state index contributed by atoms with van der Waals surface area (Å²) in [5.41, 5.74) is 0.907. The molecule has 0 heterocycles. The van der Waals surface area contributed by atoms with Gasteiger partial charge in [0.15, 0.2) is 0 Å². The number of hydrogen-bond acceptors (Lipinski definition) is 2. The molecule has 0 unspecified atom stereocenters. The summed E-state index contributed by atoms with van der Waals surface area (Å²) in [6, 6.07) is 9.63. The zero-order chi connectivity index (χ0) is 15.0. The molecule has 2 amide bonds. The molecular formula is C16H24N2O2. The molecule has 0 aliphatic heterocycles. The van der Waals surface area contributed by atoms with Crippen LogP contribution >= 0.6 is 0 Å². The third kappa shape index (κ3) is 4.68. The molecule has 1 aromatic rings. The van der Waals surface area contributed by atoms with Crippen LogP contribution in [0.15, 0.2) is 30.3 Å². The van der Waals surface area contributed by atoms with Gasteiger partial charge in [0.1, 0.15) is 0 Å². The first-order valence-electron chi connectivity index (χ1n) is 7.21. The molecule has 1 aromatic carbocycles. The van der Waals surface area contributed by atoms with Gasteiger partial charge in [-0.2, -0.15) is 0 Å². The average molecular weight is 276 g/mol. The fraction of sp³-hybridized carbons (Fsp3) is 0.500. The van der Waals surface area contributed by atoms with Crippen molar-refractivity contribution in [1.82, 2.24) is 4.90 Å². The largest absolute Gasteiger partial charge is 0.342 e. The third-order valence-electron chi connectivity index (χ3n) is 3.22. The maximum Gasteiger partial charge on any atom is 0.228 e. The molecule has 1 rings (SSSR count). The van der Waals surface area contributed by atoms with E-state index in [0.717, 1.165) is 12.1 Å². The number of rotatable bonds is 7. The Kier molecular flexibility index (Phi) is 6.77. The second-order valence-electron chi connectivity index (χ2n) is 4.73. The minimum absolute atomic E-state index is 0.0300. The van der Waals surface area contributed by atoms with E-state index in [0.29, 0.717) is 26.1 Å². The van der Waals surface area contributed by atoms with Crippen LogP contribution in [0.3, 0.4) is 0 Å². The number of amides is 2. The molecule has 0 saturated carbocycles. The summed E-state index contributed by atoms with van der Waals surface area (Å²) in [5, 5.41) is 0. The molecule has 0 radical (unpaired) electrons. The van der Waals surface area contributed by atoms with Gasteiger partial charge in [0.05, 0.1) is 0 Å². The Labute approximate surface area is 121 Å². The van der Waals surface area contributed by atoms with E-state index in [2.05, 4.69) is 0 Å². The zero-order valence-electron chi connectivity index (χ0n) is 12.6. The van der Waals surface area contributed by atoms with Crippen LogP contribution in [0, 0.1) is 0 Å². The molecule has 0 spiro atoms. The molecule has 0 aliphatic carbocycles. The Morgan fingerprint density at radius 1 is 1.05 bits per heavy atom. The molecule has 20 heavy (non-hydrogen) atoms. The summed E-state index contributed by atoms with van der Waals surface area (Å²) in [7, 11) is 0. The first kappa shape index (κ1) is 16.2. The van der Waals surface area contributed by atoms with Gasteiger partial charge in [0.25, 0.3) is 0 Å². The predicted molar refractivity (Wildman–Crippen MR) is 81.6 cm³/mol. The summed E-state index contributed by atoms with van der Waals surface area (Å²) in [5.74, 6) is 0.0865. The molecular weight excluding hydrogens is 252 g/mol. The van der Waals surface area contributed by atoms with Gasteiger partial charge in [-0.05, 0) is 25.5 Å². The van der Waals surface area contributed by atoms with Crippen LogP contribution in [0.4, 0.5) is 5.69 Å². The van der Waals surface area contributed by atoms with Gasteiger partial charge < -0.3 is 9.80 Å². The van der Waals surface area contributed by atoms with Crippen LogP contribution in [0.25, 0.3) is 0 Å². The maximum absolute atomic E-state index is 12.3. The van der Waals surface area contributed by atoms with Crippen LogP contribution in [0.5, 0.6) is 0 Å². The Balaban J connectivity index is 2.62. The lowest BCUT2D eigenvalue weighted by molar-refractivity contribution is -0.129. The number of benzene rings is 1. The van der Waals surface area contributed by atoms with Gasteiger partial charge in [0, 0.05) is 38.7 Å². The van der Waals surface area contributed by atoms with Crippen molar-refractivity contribution in [2.45, 2.75) is 33.6 Å². The first-order valence-corrected chi connectivity index (χ1v) is 7.21. The average Bonchev–Trinajstić information content (AvgIpc) is 2.45. The quantitative estimate of drug-likeness (QED) is 0.768. The highest BCUT2D eigenvalue weighted by Gasteiger charge is 2.16. The highest BCUT2D eigenvalue weighted by atomic mass is 16.2. The van der Waals surface area contributed by atoms with Crippen LogP contribution in [0.1, 0.15) is 33.6 Å². The normalized spacial score (nSPS) is 10.2. The second kappa shape index (κ2) is 8.35. The SMILES string of the molecule is CCCN(CCC(=O)N(CC)c1ccccc1)C(C)=O. The van der Waals surface area contributed by atoms with Crippen molar-refractivity contribution >= 4 is 17.5 Å². The van der Waals surface area contributed by atoms with Crippen molar-refractivity contribution in [2.24, 2.45) is 0 Å². The molecule has 4 nitrogen and oxygen atoms in total. The minimum atomic E-state index is 0.0300. The highest BCUT2D eigenvalue weighted by Crippen LogP contribution is 2.14. The van der Waals surface area contributed by atoms with Crippen LogP contribution < -0.4 is 4.90 Å². The van der Waals surface area contributed by atoms with Crippen molar-refractivity contribution in [2.75, 3.05) is 24.5 Å². The Morgan fingerprint density at radius 2 is 1.70 bits per heavy atom. The van der Waals surface area contributed by atoms with Crippen LogP contribution in [-0.2, 0) is 9.59 Å².